The molecule has 19 heavy (non-hydrogen) atoms. The third kappa shape index (κ3) is 3.96. The fraction of sp³-hybridized carbons (Fsp3) is 0.769. The monoisotopic (exact) mass is 285 g/mol. The second-order valence-corrected chi connectivity index (χ2v) is 7.00. The number of aliphatic carboxylic acids is 1. The van der Waals surface area contributed by atoms with Gasteiger partial charge in [0.25, 0.3) is 0 Å². The van der Waals surface area contributed by atoms with Crippen LogP contribution in [-0.2, 0) is 10.3 Å². The van der Waals surface area contributed by atoms with E-state index in [2.05, 4.69) is 56.3 Å². The molecular weight excluding hydrogens is 262 g/mol. The van der Waals surface area contributed by atoms with Crippen molar-refractivity contribution in [1.82, 2.24) is 14.8 Å². The van der Waals surface area contributed by atoms with Crippen molar-refractivity contribution in [1.29, 1.82) is 0 Å². The van der Waals surface area contributed by atoms with Crippen LogP contribution in [0.3, 0.4) is 0 Å². The van der Waals surface area contributed by atoms with Crippen LogP contribution in [0.2, 0.25) is 0 Å². The molecule has 1 aromatic rings. The third-order valence-electron chi connectivity index (χ3n) is 3.06. The molecule has 108 valence electrons. The molecule has 1 N–H and O–H groups in total. The van der Waals surface area contributed by atoms with E-state index < -0.39 is 5.97 Å². The average Bonchev–Trinajstić information content (AvgIpc) is 2.68. The van der Waals surface area contributed by atoms with Gasteiger partial charge >= 0.3 is 5.97 Å². The van der Waals surface area contributed by atoms with E-state index in [1.807, 2.05) is 0 Å². The van der Waals surface area contributed by atoms with Crippen molar-refractivity contribution in [3.63, 3.8) is 0 Å². The normalized spacial score (nSPS) is 13.8. The van der Waals surface area contributed by atoms with E-state index in [0.29, 0.717) is 11.1 Å². The summed E-state index contributed by atoms with van der Waals surface area (Å²) in [7, 11) is 0. The van der Waals surface area contributed by atoms with Crippen LogP contribution in [0.4, 0.5) is 0 Å². The van der Waals surface area contributed by atoms with E-state index in [0.717, 1.165) is 5.82 Å². The van der Waals surface area contributed by atoms with Gasteiger partial charge in [0, 0.05) is 11.5 Å². The molecule has 5 nitrogen and oxygen atoms in total. The van der Waals surface area contributed by atoms with E-state index in [1.54, 1.807) is 0 Å². The summed E-state index contributed by atoms with van der Waals surface area (Å²) in [6.45, 7) is 12.7. The summed E-state index contributed by atoms with van der Waals surface area (Å²) in [6, 6.07) is 0. The van der Waals surface area contributed by atoms with Crippen LogP contribution in [0, 0.1) is 5.92 Å². The molecule has 1 atom stereocenters. The number of hydrogen-bond acceptors (Lipinski definition) is 4. The smallest absolute Gasteiger partial charge is 0.313 e. The number of nitrogens with zero attached hydrogens (tertiary/aromatic N) is 3. The Labute approximate surface area is 118 Å². The molecule has 0 radical (unpaired) electrons. The van der Waals surface area contributed by atoms with Crippen LogP contribution < -0.4 is 0 Å². The maximum atomic E-state index is 10.7. The molecule has 1 rings (SSSR count). The van der Waals surface area contributed by atoms with Crippen LogP contribution in [-0.4, -0.2) is 31.6 Å². The molecule has 0 spiro atoms. The lowest BCUT2D eigenvalue weighted by Crippen LogP contribution is -2.27. The average molecular weight is 285 g/mol. The predicted molar refractivity (Wildman–Crippen MR) is 76.6 cm³/mol. The first-order chi connectivity index (χ1) is 8.64. The molecule has 0 aromatic carbocycles. The third-order valence-corrected chi connectivity index (χ3v) is 3.97. The van der Waals surface area contributed by atoms with Crippen molar-refractivity contribution in [2.75, 3.05) is 5.75 Å². The molecule has 1 unspecified atom stereocenters. The van der Waals surface area contributed by atoms with Gasteiger partial charge in [-0.05, 0) is 26.7 Å². The highest BCUT2D eigenvalue weighted by Gasteiger charge is 2.27. The Morgan fingerprint density at radius 3 is 2.32 bits per heavy atom. The van der Waals surface area contributed by atoms with Crippen molar-refractivity contribution >= 4 is 17.7 Å². The number of aromatic nitrogens is 3. The molecule has 0 fully saturated rings. The molecule has 1 aromatic heterocycles. The topological polar surface area (TPSA) is 68.0 Å². The van der Waals surface area contributed by atoms with Crippen LogP contribution in [0.25, 0.3) is 0 Å². The van der Waals surface area contributed by atoms with Gasteiger partial charge in [-0.15, -0.1) is 10.2 Å². The molecule has 0 aliphatic rings. The number of carbonyl (C=O) groups is 1. The maximum Gasteiger partial charge on any atom is 0.313 e. The fourth-order valence-corrected chi connectivity index (χ4v) is 2.57. The van der Waals surface area contributed by atoms with Gasteiger partial charge in [-0.2, -0.15) is 0 Å². The zero-order valence-electron chi connectivity index (χ0n) is 12.5. The van der Waals surface area contributed by atoms with Gasteiger partial charge in [0.2, 0.25) is 0 Å². The Kier molecular flexibility index (Phi) is 5.01. The van der Waals surface area contributed by atoms with Gasteiger partial charge in [0.05, 0.1) is 5.75 Å². The first kappa shape index (κ1) is 16.0. The van der Waals surface area contributed by atoms with Crippen molar-refractivity contribution in [2.45, 2.75) is 58.2 Å². The summed E-state index contributed by atoms with van der Waals surface area (Å²) in [5.74, 6) is 0.834. The second kappa shape index (κ2) is 5.94. The minimum atomic E-state index is -0.841. The lowest BCUT2D eigenvalue weighted by molar-refractivity contribution is -0.133. The summed E-state index contributed by atoms with van der Waals surface area (Å²) in [5, 5.41) is 17.9. The van der Waals surface area contributed by atoms with Crippen LogP contribution in [0.1, 0.15) is 53.3 Å². The quantitative estimate of drug-likeness (QED) is 0.842. The first-order valence-electron chi connectivity index (χ1n) is 6.45. The van der Waals surface area contributed by atoms with E-state index in [-0.39, 0.29) is 17.2 Å². The highest BCUT2D eigenvalue weighted by Crippen LogP contribution is 2.31. The lowest BCUT2D eigenvalue weighted by atomic mass is 9.96. The van der Waals surface area contributed by atoms with Gasteiger partial charge in [0.1, 0.15) is 5.82 Å². The minimum absolute atomic E-state index is 0.00424. The van der Waals surface area contributed by atoms with Gasteiger partial charge in [0.15, 0.2) is 5.16 Å². The number of rotatable bonds is 5. The largest absolute Gasteiger partial charge is 0.481 e. The number of carboxylic acid groups (broad SMARTS) is 1. The molecule has 0 saturated heterocycles. The molecule has 6 heteroatoms. The van der Waals surface area contributed by atoms with Crippen molar-refractivity contribution in [2.24, 2.45) is 5.92 Å². The number of carboxylic acids is 1. The molecule has 0 amide bonds. The second-order valence-electron chi connectivity index (χ2n) is 6.06. The standard InChI is InChI=1S/C13H23N3O2S/c1-8(2)9(3)11-14-15-12(19-7-10(17)18)16(11)13(4,5)6/h8-9H,7H2,1-6H3,(H,17,18). The van der Waals surface area contributed by atoms with Gasteiger partial charge < -0.3 is 9.67 Å². The Bertz CT molecular complexity index is 449. The number of thioether (sulfide) groups is 1. The fourth-order valence-electron chi connectivity index (χ4n) is 1.72. The van der Waals surface area contributed by atoms with Gasteiger partial charge in [-0.3, -0.25) is 4.79 Å². The molecule has 0 aliphatic carbocycles. The van der Waals surface area contributed by atoms with E-state index in [9.17, 15) is 4.79 Å². The van der Waals surface area contributed by atoms with E-state index in [1.165, 1.54) is 11.8 Å². The van der Waals surface area contributed by atoms with Crippen LogP contribution in [0.5, 0.6) is 0 Å². The molecular formula is C13H23N3O2S. The minimum Gasteiger partial charge on any atom is -0.481 e. The summed E-state index contributed by atoms with van der Waals surface area (Å²) in [6.07, 6.45) is 0. The molecule has 0 bridgehead atoms. The first-order valence-corrected chi connectivity index (χ1v) is 7.43. The van der Waals surface area contributed by atoms with Crippen molar-refractivity contribution in [3.8, 4) is 0 Å². The van der Waals surface area contributed by atoms with Crippen molar-refractivity contribution in [3.05, 3.63) is 5.82 Å². The Morgan fingerprint density at radius 2 is 1.89 bits per heavy atom. The number of hydrogen-bond donors (Lipinski definition) is 1. The maximum absolute atomic E-state index is 10.7. The zero-order chi connectivity index (χ0) is 14.8. The van der Waals surface area contributed by atoms with E-state index in [4.69, 9.17) is 5.11 Å². The van der Waals surface area contributed by atoms with Gasteiger partial charge in [-0.25, -0.2) is 0 Å². The van der Waals surface area contributed by atoms with Crippen LogP contribution >= 0.6 is 11.8 Å². The lowest BCUT2D eigenvalue weighted by Gasteiger charge is -2.27. The summed E-state index contributed by atoms with van der Waals surface area (Å²) in [5.41, 5.74) is -0.164. The molecule has 0 aliphatic heterocycles. The van der Waals surface area contributed by atoms with Crippen molar-refractivity contribution < 1.29 is 9.90 Å². The highest BCUT2D eigenvalue weighted by atomic mass is 32.2. The summed E-state index contributed by atoms with van der Waals surface area (Å²) in [4.78, 5) is 10.7. The Hall–Kier alpha value is -1.04. The zero-order valence-corrected chi connectivity index (χ0v) is 13.3. The SMILES string of the molecule is CC(C)C(C)c1nnc(SCC(=O)O)n1C(C)(C)C. The van der Waals surface area contributed by atoms with Crippen LogP contribution in [0.15, 0.2) is 5.16 Å². The Balaban J connectivity index is 3.16. The van der Waals surface area contributed by atoms with Gasteiger partial charge in [-0.1, -0.05) is 32.5 Å². The predicted octanol–water partition coefficient (Wildman–Crippen LogP) is 2.97. The summed E-state index contributed by atoms with van der Waals surface area (Å²) >= 11 is 1.22. The molecule has 1 heterocycles. The summed E-state index contributed by atoms with van der Waals surface area (Å²) < 4.78 is 2.06. The highest BCUT2D eigenvalue weighted by molar-refractivity contribution is 7.99. The van der Waals surface area contributed by atoms with E-state index >= 15 is 0 Å². The Morgan fingerprint density at radius 1 is 1.32 bits per heavy atom. The molecule has 0 saturated carbocycles.